The average Bonchev–Trinajstić information content (AvgIpc) is 3.73. The van der Waals surface area contributed by atoms with Crippen LogP contribution in [0.4, 0.5) is 0 Å². The molecule has 0 unspecified atom stereocenters. The van der Waals surface area contributed by atoms with Crippen molar-refractivity contribution in [3.05, 3.63) is 197 Å². The summed E-state index contributed by atoms with van der Waals surface area (Å²) >= 11 is 0. The molecular weight excluding hydrogens is 687 g/mol. The van der Waals surface area contributed by atoms with Crippen LogP contribution < -0.4 is 16.4 Å². The Morgan fingerprint density at radius 1 is 0.368 bits per heavy atom. The Balaban J connectivity index is 1.13. The van der Waals surface area contributed by atoms with Crippen LogP contribution in [0.3, 0.4) is 0 Å². The van der Waals surface area contributed by atoms with Crippen molar-refractivity contribution in [3.63, 3.8) is 0 Å². The highest BCUT2D eigenvalue weighted by Crippen LogP contribution is 2.42. The molecule has 0 spiro atoms. The number of benzene rings is 8. The van der Waals surface area contributed by atoms with Crippen molar-refractivity contribution in [1.29, 1.82) is 0 Å². The molecule has 0 saturated carbocycles. The first kappa shape index (κ1) is 34.9. The van der Waals surface area contributed by atoms with Gasteiger partial charge in [-0.25, -0.2) is 0 Å². The number of hydrogen-bond acceptors (Lipinski definition) is 0. The molecule has 2 nitrogen and oxygen atoms in total. The van der Waals surface area contributed by atoms with Crippen LogP contribution in [-0.4, -0.2) is 15.8 Å². The summed E-state index contributed by atoms with van der Waals surface area (Å²) in [5, 5.41) is 5.06. The Hall–Kier alpha value is -6.58. The Morgan fingerprint density at radius 3 is 1.54 bits per heavy atom. The predicted molar refractivity (Wildman–Crippen MR) is 247 cm³/mol. The summed E-state index contributed by atoms with van der Waals surface area (Å²) in [7, 11) is 0. The van der Waals surface area contributed by atoms with Crippen LogP contribution in [0.1, 0.15) is 33.4 Å². The predicted octanol–water partition coefficient (Wildman–Crippen LogP) is 11.9. The van der Waals surface area contributed by atoms with E-state index >= 15 is 0 Å². The fourth-order valence-corrected chi connectivity index (χ4v) is 10.1. The summed E-state index contributed by atoms with van der Waals surface area (Å²) in [4.78, 5) is 0. The first-order chi connectivity index (χ1) is 27.8. The average molecular weight is 733 g/mol. The molecule has 0 amide bonds. The van der Waals surface area contributed by atoms with E-state index in [1.54, 1.807) is 0 Å². The molecule has 2 heterocycles. The Kier molecular flexibility index (Phi) is 8.30. The van der Waals surface area contributed by atoms with Gasteiger partial charge in [-0.15, -0.1) is 0 Å². The number of aryl methyl sites for hydroxylation is 6. The van der Waals surface area contributed by atoms with Crippen LogP contribution in [0.2, 0.25) is 0 Å². The van der Waals surface area contributed by atoms with Gasteiger partial charge in [-0.05, 0) is 95.1 Å². The maximum Gasteiger partial charge on any atom is 0.242 e. The highest BCUT2D eigenvalue weighted by Gasteiger charge is 2.28. The molecule has 0 aliphatic carbocycles. The first-order valence-electron chi connectivity index (χ1n) is 20.1. The van der Waals surface area contributed by atoms with Crippen LogP contribution in [0, 0.1) is 41.5 Å². The van der Waals surface area contributed by atoms with E-state index in [0.717, 1.165) is 5.69 Å². The van der Waals surface area contributed by atoms with Gasteiger partial charge >= 0.3 is 0 Å². The lowest BCUT2D eigenvalue weighted by molar-refractivity contribution is 1.17. The largest absolute Gasteiger partial charge is 0.309 e. The zero-order valence-corrected chi connectivity index (χ0v) is 33.6. The van der Waals surface area contributed by atoms with E-state index in [0.29, 0.717) is 0 Å². The standard InChI is InChI=1S/C54H45BN2/c1-34-29-36(3)52(37(4)30-34)55(53-38(5)31-35(2)32-39(53)6)42-25-23-40(24-26-42)41-15-14-18-44(33-41)56-49-22-13-11-20-47(49)51-50(56)28-27-46-45-19-10-12-21-48(45)57(54(46)51)43-16-8-7-9-17-43/h7-33H,1-6H3. The summed E-state index contributed by atoms with van der Waals surface area (Å²) in [6, 6.07) is 60.9. The summed E-state index contributed by atoms with van der Waals surface area (Å²) in [6.07, 6.45) is 0. The van der Waals surface area contributed by atoms with Gasteiger partial charge in [-0.3, -0.25) is 0 Å². The molecule has 0 atom stereocenters. The van der Waals surface area contributed by atoms with E-state index in [9.17, 15) is 0 Å². The van der Waals surface area contributed by atoms with Crippen molar-refractivity contribution >= 4 is 66.7 Å². The number of nitrogens with zero attached hydrogens (tertiary/aromatic N) is 2. The molecule has 8 aromatic carbocycles. The third kappa shape index (κ3) is 5.64. The molecule has 0 aliphatic rings. The first-order valence-corrected chi connectivity index (χ1v) is 20.1. The van der Waals surface area contributed by atoms with Gasteiger partial charge in [-0.1, -0.05) is 171 Å². The molecule has 274 valence electrons. The van der Waals surface area contributed by atoms with Gasteiger partial charge in [0.2, 0.25) is 6.71 Å². The van der Waals surface area contributed by atoms with Gasteiger partial charge in [0.1, 0.15) is 0 Å². The van der Waals surface area contributed by atoms with E-state index in [-0.39, 0.29) is 6.71 Å². The molecule has 57 heavy (non-hydrogen) atoms. The minimum Gasteiger partial charge on any atom is -0.309 e. The molecule has 0 bridgehead atoms. The quantitative estimate of drug-likeness (QED) is 0.151. The Labute approximate surface area is 335 Å². The third-order valence-electron chi connectivity index (χ3n) is 12.2. The van der Waals surface area contributed by atoms with Crippen LogP contribution >= 0.6 is 0 Å². The maximum absolute atomic E-state index is 2.46. The molecule has 0 saturated heterocycles. The van der Waals surface area contributed by atoms with E-state index in [2.05, 4.69) is 214 Å². The van der Waals surface area contributed by atoms with Gasteiger partial charge in [0.05, 0.1) is 22.1 Å². The molecule has 3 heteroatoms. The molecule has 0 aliphatic heterocycles. The van der Waals surface area contributed by atoms with Crippen molar-refractivity contribution in [1.82, 2.24) is 9.13 Å². The molecule has 0 N–H and O–H groups in total. The van der Waals surface area contributed by atoms with Gasteiger partial charge in [0, 0.05) is 32.9 Å². The normalized spacial score (nSPS) is 11.7. The monoisotopic (exact) mass is 732 g/mol. The highest BCUT2D eigenvalue weighted by molar-refractivity contribution is 6.96. The van der Waals surface area contributed by atoms with Gasteiger partial charge < -0.3 is 9.13 Å². The number of para-hydroxylation sites is 3. The van der Waals surface area contributed by atoms with E-state index < -0.39 is 0 Å². The second-order valence-electron chi connectivity index (χ2n) is 16.1. The lowest BCUT2D eigenvalue weighted by Gasteiger charge is -2.24. The molecular formula is C54H45BN2. The van der Waals surface area contributed by atoms with Crippen molar-refractivity contribution in [2.45, 2.75) is 41.5 Å². The molecule has 10 rings (SSSR count). The zero-order chi connectivity index (χ0) is 38.9. The minimum atomic E-state index is 0.146. The lowest BCUT2D eigenvalue weighted by Crippen LogP contribution is -2.55. The van der Waals surface area contributed by atoms with E-state index in [4.69, 9.17) is 0 Å². The topological polar surface area (TPSA) is 9.86 Å². The van der Waals surface area contributed by atoms with Crippen molar-refractivity contribution in [3.8, 4) is 22.5 Å². The number of rotatable bonds is 6. The fourth-order valence-electron chi connectivity index (χ4n) is 10.1. The SMILES string of the molecule is Cc1cc(C)c(B(c2ccc(-c3cccc(-n4c5ccccc5c5c4ccc4c6ccccc6n(-c6ccccc6)c45)c3)cc2)c2c(C)cc(C)cc2C)c(C)c1. The summed E-state index contributed by atoms with van der Waals surface area (Å²) in [6.45, 7) is 13.7. The third-order valence-corrected chi connectivity index (χ3v) is 12.2. The van der Waals surface area contributed by atoms with Crippen molar-refractivity contribution in [2.75, 3.05) is 0 Å². The van der Waals surface area contributed by atoms with Gasteiger partial charge in [0.25, 0.3) is 0 Å². The Morgan fingerprint density at radius 2 is 0.912 bits per heavy atom. The summed E-state index contributed by atoms with van der Waals surface area (Å²) in [5.74, 6) is 0. The van der Waals surface area contributed by atoms with E-state index in [1.165, 1.54) is 110 Å². The summed E-state index contributed by atoms with van der Waals surface area (Å²) < 4.78 is 4.91. The van der Waals surface area contributed by atoms with Crippen LogP contribution in [0.15, 0.2) is 164 Å². The fraction of sp³-hybridized carbons (Fsp3) is 0.111. The zero-order valence-electron chi connectivity index (χ0n) is 33.6. The summed E-state index contributed by atoms with van der Waals surface area (Å²) in [5.41, 5.74) is 21.8. The molecule has 0 radical (unpaired) electrons. The number of aromatic nitrogens is 2. The number of hydrogen-bond donors (Lipinski definition) is 0. The molecule has 10 aromatic rings. The van der Waals surface area contributed by atoms with Crippen LogP contribution in [0.25, 0.3) is 66.1 Å². The smallest absolute Gasteiger partial charge is 0.242 e. The lowest BCUT2D eigenvalue weighted by atomic mass is 9.34. The van der Waals surface area contributed by atoms with Gasteiger partial charge in [0.15, 0.2) is 0 Å². The second kappa shape index (κ2) is 13.6. The number of fused-ring (bicyclic) bond motifs is 7. The van der Waals surface area contributed by atoms with Crippen LogP contribution in [-0.2, 0) is 0 Å². The molecule has 0 fully saturated rings. The minimum absolute atomic E-state index is 0.146. The maximum atomic E-state index is 2.46. The van der Waals surface area contributed by atoms with Crippen LogP contribution in [0.5, 0.6) is 0 Å². The van der Waals surface area contributed by atoms with Crippen molar-refractivity contribution in [2.24, 2.45) is 0 Å². The van der Waals surface area contributed by atoms with Gasteiger partial charge in [-0.2, -0.15) is 0 Å². The highest BCUT2D eigenvalue weighted by atomic mass is 15.0. The van der Waals surface area contributed by atoms with E-state index in [1.807, 2.05) is 0 Å². The molecule has 2 aromatic heterocycles. The Bertz CT molecular complexity index is 3080. The van der Waals surface area contributed by atoms with Crippen molar-refractivity contribution < 1.29 is 0 Å². The second-order valence-corrected chi connectivity index (χ2v) is 16.1.